The molecule has 0 saturated carbocycles. The van der Waals surface area contributed by atoms with Gasteiger partial charge in [0.25, 0.3) is 11.7 Å². The quantitative estimate of drug-likeness (QED) is 0.201. The fourth-order valence-corrected chi connectivity index (χ4v) is 4.78. The van der Waals surface area contributed by atoms with E-state index < -0.39 is 17.7 Å². The van der Waals surface area contributed by atoms with E-state index in [-0.39, 0.29) is 16.7 Å². The van der Waals surface area contributed by atoms with Crippen LogP contribution in [-0.2, 0) is 15.0 Å². The van der Waals surface area contributed by atoms with Crippen molar-refractivity contribution in [2.24, 2.45) is 0 Å². The van der Waals surface area contributed by atoms with Crippen molar-refractivity contribution >= 4 is 34.7 Å². The third kappa shape index (κ3) is 5.32. The van der Waals surface area contributed by atoms with Crippen LogP contribution < -0.4 is 19.1 Å². The van der Waals surface area contributed by atoms with Crippen LogP contribution in [0.25, 0.3) is 5.76 Å². The number of carbonyl (C=O) groups is 2. The second-order valence-corrected chi connectivity index (χ2v) is 10.6. The standard InChI is InChI=1S/C31H32ClNO6/c1-7-39-25-16-18(8-14-24(25)38-6)27-26(29(35)30(36)33(27)21-12-10-20(32)11-13-21)28(34)22-17-19(31(2,3)4)9-15-23(22)37-5/h8-17,27,34H,7H2,1-6H3/b28-26+. The van der Waals surface area contributed by atoms with E-state index in [9.17, 15) is 14.7 Å². The minimum absolute atomic E-state index is 0.0630. The molecule has 1 N–H and O–H groups in total. The Kier molecular flexibility index (Phi) is 7.93. The Morgan fingerprint density at radius 2 is 1.56 bits per heavy atom. The Bertz CT molecular complexity index is 1440. The van der Waals surface area contributed by atoms with E-state index >= 15 is 0 Å². The molecule has 3 aromatic rings. The van der Waals surface area contributed by atoms with Crippen molar-refractivity contribution in [3.63, 3.8) is 0 Å². The topological polar surface area (TPSA) is 85.3 Å². The van der Waals surface area contributed by atoms with Gasteiger partial charge in [0.05, 0.1) is 38.0 Å². The lowest BCUT2D eigenvalue weighted by Crippen LogP contribution is -2.29. The third-order valence-electron chi connectivity index (χ3n) is 6.67. The lowest BCUT2D eigenvalue weighted by atomic mass is 9.85. The van der Waals surface area contributed by atoms with E-state index in [1.807, 2.05) is 33.8 Å². The molecule has 1 aliphatic heterocycles. The maximum absolute atomic E-state index is 13.6. The average Bonchev–Trinajstić information content (AvgIpc) is 3.18. The predicted octanol–water partition coefficient (Wildman–Crippen LogP) is 6.68. The molecule has 1 saturated heterocycles. The average molecular weight is 550 g/mol. The van der Waals surface area contributed by atoms with Crippen LogP contribution in [0.15, 0.2) is 66.2 Å². The van der Waals surface area contributed by atoms with E-state index in [4.69, 9.17) is 25.8 Å². The molecule has 7 nitrogen and oxygen atoms in total. The zero-order valence-corrected chi connectivity index (χ0v) is 23.6. The first-order valence-electron chi connectivity index (χ1n) is 12.6. The number of methoxy groups -OCH3 is 2. The van der Waals surface area contributed by atoms with Gasteiger partial charge in [0.2, 0.25) is 0 Å². The number of halogens is 1. The minimum Gasteiger partial charge on any atom is -0.507 e. The van der Waals surface area contributed by atoms with Gasteiger partial charge < -0.3 is 19.3 Å². The summed E-state index contributed by atoms with van der Waals surface area (Å²) in [5.41, 5.74) is 1.96. The normalized spacial score (nSPS) is 16.9. The second-order valence-electron chi connectivity index (χ2n) is 10.2. The predicted molar refractivity (Wildman–Crippen MR) is 152 cm³/mol. The summed E-state index contributed by atoms with van der Waals surface area (Å²) < 4.78 is 16.8. The van der Waals surface area contributed by atoms with Gasteiger partial charge in [-0.05, 0) is 72.0 Å². The molecular formula is C31H32ClNO6. The van der Waals surface area contributed by atoms with Gasteiger partial charge in [0, 0.05) is 10.7 Å². The van der Waals surface area contributed by atoms with Crippen molar-refractivity contribution < 1.29 is 28.9 Å². The number of anilines is 1. The fourth-order valence-electron chi connectivity index (χ4n) is 4.65. The summed E-state index contributed by atoms with van der Waals surface area (Å²) in [5.74, 6) is -0.587. The number of benzene rings is 3. The van der Waals surface area contributed by atoms with Crippen molar-refractivity contribution in [2.75, 3.05) is 25.7 Å². The molecule has 4 rings (SSSR count). The molecule has 1 unspecified atom stereocenters. The molecule has 0 aliphatic carbocycles. The van der Waals surface area contributed by atoms with Gasteiger partial charge in [-0.2, -0.15) is 0 Å². The maximum Gasteiger partial charge on any atom is 0.300 e. The minimum atomic E-state index is -0.959. The number of ketones is 1. The van der Waals surface area contributed by atoms with E-state index in [1.165, 1.54) is 19.1 Å². The molecule has 0 spiro atoms. The molecular weight excluding hydrogens is 518 g/mol. The fraction of sp³-hybridized carbons (Fsp3) is 0.290. The Balaban J connectivity index is 2.01. The van der Waals surface area contributed by atoms with Gasteiger partial charge in [0.1, 0.15) is 11.5 Å². The van der Waals surface area contributed by atoms with Gasteiger partial charge in [-0.3, -0.25) is 14.5 Å². The van der Waals surface area contributed by atoms with Gasteiger partial charge >= 0.3 is 0 Å². The van der Waals surface area contributed by atoms with Crippen molar-refractivity contribution in [2.45, 2.75) is 39.2 Å². The summed E-state index contributed by atoms with van der Waals surface area (Å²) in [7, 11) is 3.02. The number of hydrogen-bond acceptors (Lipinski definition) is 6. The maximum atomic E-state index is 13.6. The first-order valence-corrected chi connectivity index (χ1v) is 13.0. The molecule has 0 aromatic heterocycles. The highest BCUT2D eigenvalue weighted by Gasteiger charge is 2.47. The molecule has 1 heterocycles. The number of nitrogens with zero attached hydrogens (tertiary/aromatic N) is 1. The Labute approximate surface area is 233 Å². The molecule has 1 amide bonds. The monoisotopic (exact) mass is 549 g/mol. The van der Waals surface area contributed by atoms with Crippen molar-refractivity contribution in [1.82, 2.24) is 0 Å². The Morgan fingerprint density at radius 3 is 2.15 bits per heavy atom. The molecule has 1 fully saturated rings. The molecule has 0 radical (unpaired) electrons. The first kappa shape index (κ1) is 28.0. The van der Waals surface area contributed by atoms with Gasteiger partial charge in [-0.1, -0.05) is 44.5 Å². The number of carbonyl (C=O) groups excluding carboxylic acids is 2. The van der Waals surface area contributed by atoms with Crippen molar-refractivity contribution in [3.05, 3.63) is 87.9 Å². The smallest absolute Gasteiger partial charge is 0.300 e. The second kappa shape index (κ2) is 11.0. The van der Waals surface area contributed by atoms with E-state index in [0.29, 0.717) is 45.7 Å². The molecule has 39 heavy (non-hydrogen) atoms. The number of Topliss-reactive ketones (excluding diaryl/α,β-unsaturated/α-hetero) is 1. The summed E-state index contributed by atoms with van der Waals surface area (Å²) in [5, 5.41) is 12.2. The van der Waals surface area contributed by atoms with E-state index in [2.05, 4.69) is 0 Å². The molecule has 3 aromatic carbocycles. The lowest BCUT2D eigenvalue weighted by Gasteiger charge is -2.26. The van der Waals surface area contributed by atoms with Crippen LogP contribution in [0.1, 0.15) is 50.4 Å². The molecule has 0 bridgehead atoms. The third-order valence-corrected chi connectivity index (χ3v) is 6.93. The molecule has 1 aliphatic rings. The van der Waals surface area contributed by atoms with Crippen molar-refractivity contribution in [3.8, 4) is 17.2 Å². The van der Waals surface area contributed by atoms with Crippen LogP contribution in [-0.4, -0.2) is 37.6 Å². The van der Waals surface area contributed by atoms with Crippen LogP contribution >= 0.6 is 11.6 Å². The van der Waals surface area contributed by atoms with Crippen LogP contribution in [0.3, 0.4) is 0 Å². The summed E-state index contributed by atoms with van der Waals surface area (Å²) in [6.45, 7) is 8.37. The van der Waals surface area contributed by atoms with Crippen LogP contribution in [0.2, 0.25) is 5.02 Å². The van der Waals surface area contributed by atoms with Crippen LogP contribution in [0.5, 0.6) is 17.2 Å². The highest BCUT2D eigenvalue weighted by molar-refractivity contribution is 6.51. The lowest BCUT2D eigenvalue weighted by molar-refractivity contribution is -0.132. The van der Waals surface area contributed by atoms with Gasteiger partial charge in [-0.15, -0.1) is 0 Å². The zero-order chi connectivity index (χ0) is 28.5. The molecule has 8 heteroatoms. The number of amides is 1. The number of aliphatic hydroxyl groups is 1. The zero-order valence-electron chi connectivity index (χ0n) is 22.9. The largest absolute Gasteiger partial charge is 0.507 e. The highest BCUT2D eigenvalue weighted by Crippen LogP contribution is 2.45. The highest BCUT2D eigenvalue weighted by atomic mass is 35.5. The first-order chi connectivity index (χ1) is 18.5. The summed E-state index contributed by atoms with van der Waals surface area (Å²) >= 11 is 6.11. The molecule has 204 valence electrons. The summed E-state index contributed by atoms with van der Waals surface area (Å²) in [4.78, 5) is 28.5. The number of rotatable bonds is 7. The summed E-state index contributed by atoms with van der Waals surface area (Å²) in [6.07, 6.45) is 0. The van der Waals surface area contributed by atoms with Gasteiger partial charge in [-0.25, -0.2) is 0 Å². The molecule has 1 atom stereocenters. The Hall–Kier alpha value is -3.97. The Morgan fingerprint density at radius 1 is 0.923 bits per heavy atom. The SMILES string of the molecule is CCOc1cc(C2/C(=C(\O)c3cc(C(C)(C)C)ccc3OC)C(=O)C(=O)N2c2ccc(Cl)cc2)ccc1OC. The number of ether oxygens (including phenoxy) is 3. The number of aliphatic hydroxyl groups excluding tert-OH is 1. The van der Waals surface area contributed by atoms with Crippen LogP contribution in [0.4, 0.5) is 5.69 Å². The van der Waals surface area contributed by atoms with Crippen LogP contribution in [0, 0.1) is 0 Å². The van der Waals surface area contributed by atoms with E-state index in [0.717, 1.165) is 5.56 Å². The summed E-state index contributed by atoms with van der Waals surface area (Å²) in [6, 6.07) is 16.3. The van der Waals surface area contributed by atoms with Crippen molar-refractivity contribution in [1.29, 1.82) is 0 Å². The number of hydrogen-bond donors (Lipinski definition) is 1. The van der Waals surface area contributed by atoms with E-state index in [1.54, 1.807) is 54.6 Å². The van der Waals surface area contributed by atoms with Gasteiger partial charge in [0.15, 0.2) is 11.5 Å².